The van der Waals surface area contributed by atoms with Crippen LogP contribution >= 0.6 is 0 Å². The van der Waals surface area contributed by atoms with Gasteiger partial charge in [0.05, 0.1) is 19.3 Å². The third-order valence-corrected chi connectivity index (χ3v) is 5.06. The van der Waals surface area contributed by atoms with E-state index in [1.54, 1.807) is 0 Å². The SMILES string of the molecule is CC(=O)OC[C@@]12CO[C@@H](C)[C@@H](C(C)=C[C@H]1C)[C@H]2C. The molecule has 2 bridgehead atoms. The van der Waals surface area contributed by atoms with Crippen LogP contribution < -0.4 is 0 Å². The number of rotatable bonds is 2. The minimum Gasteiger partial charge on any atom is -0.465 e. The van der Waals surface area contributed by atoms with Gasteiger partial charge in [0.25, 0.3) is 0 Å². The van der Waals surface area contributed by atoms with Gasteiger partial charge in [-0.3, -0.25) is 4.79 Å². The Bertz CT molecular complexity index is 374. The second-order valence-electron chi connectivity index (χ2n) is 6.04. The van der Waals surface area contributed by atoms with Gasteiger partial charge in [0, 0.05) is 18.3 Å². The summed E-state index contributed by atoms with van der Waals surface area (Å²) in [5.41, 5.74) is 1.36. The van der Waals surface area contributed by atoms with Crippen molar-refractivity contribution in [1.29, 1.82) is 0 Å². The van der Waals surface area contributed by atoms with Crippen molar-refractivity contribution in [1.82, 2.24) is 0 Å². The summed E-state index contributed by atoms with van der Waals surface area (Å²) in [6.45, 7) is 11.4. The van der Waals surface area contributed by atoms with Crippen molar-refractivity contribution in [3.05, 3.63) is 11.6 Å². The third kappa shape index (κ3) is 1.99. The Labute approximate surface area is 110 Å². The second kappa shape index (κ2) is 4.69. The summed E-state index contributed by atoms with van der Waals surface area (Å²) in [7, 11) is 0. The molecule has 1 heterocycles. The van der Waals surface area contributed by atoms with E-state index in [9.17, 15) is 4.79 Å². The Balaban J connectivity index is 2.31. The summed E-state index contributed by atoms with van der Waals surface area (Å²) in [4.78, 5) is 11.1. The Hall–Kier alpha value is -0.830. The van der Waals surface area contributed by atoms with Crippen LogP contribution in [0.25, 0.3) is 0 Å². The van der Waals surface area contributed by atoms with Crippen molar-refractivity contribution in [3.63, 3.8) is 0 Å². The van der Waals surface area contributed by atoms with Crippen molar-refractivity contribution in [2.45, 2.75) is 40.7 Å². The maximum Gasteiger partial charge on any atom is 0.302 e. The van der Waals surface area contributed by atoms with Gasteiger partial charge in [-0.1, -0.05) is 25.5 Å². The minimum atomic E-state index is -0.203. The Morgan fingerprint density at radius 1 is 1.50 bits per heavy atom. The number of carbonyl (C=O) groups excluding carboxylic acids is 1. The second-order valence-corrected chi connectivity index (χ2v) is 6.04. The van der Waals surface area contributed by atoms with Gasteiger partial charge < -0.3 is 9.47 Å². The lowest BCUT2D eigenvalue weighted by molar-refractivity contribution is -0.175. The minimum absolute atomic E-state index is 0.0532. The van der Waals surface area contributed by atoms with Crippen molar-refractivity contribution >= 4 is 5.97 Å². The van der Waals surface area contributed by atoms with Crippen LogP contribution in [-0.4, -0.2) is 25.3 Å². The molecule has 18 heavy (non-hydrogen) atoms. The van der Waals surface area contributed by atoms with Crippen molar-refractivity contribution in [2.24, 2.45) is 23.2 Å². The molecular formula is C15H24O3. The van der Waals surface area contributed by atoms with Crippen LogP contribution in [-0.2, 0) is 14.3 Å². The van der Waals surface area contributed by atoms with Crippen LogP contribution in [0.5, 0.6) is 0 Å². The van der Waals surface area contributed by atoms with Gasteiger partial charge in [-0.15, -0.1) is 0 Å². The number of hydrogen-bond acceptors (Lipinski definition) is 3. The van der Waals surface area contributed by atoms with E-state index in [2.05, 4.69) is 33.8 Å². The third-order valence-electron chi connectivity index (χ3n) is 5.06. The van der Waals surface area contributed by atoms with Gasteiger partial charge in [0.2, 0.25) is 0 Å². The molecule has 0 aromatic rings. The summed E-state index contributed by atoms with van der Waals surface area (Å²) in [6.07, 6.45) is 2.60. The summed E-state index contributed by atoms with van der Waals surface area (Å²) >= 11 is 0. The first-order valence-electron chi connectivity index (χ1n) is 6.82. The molecule has 1 saturated heterocycles. The highest BCUT2D eigenvalue weighted by atomic mass is 16.5. The average molecular weight is 252 g/mol. The number of esters is 1. The monoisotopic (exact) mass is 252 g/mol. The maximum atomic E-state index is 11.1. The Morgan fingerprint density at radius 3 is 2.78 bits per heavy atom. The highest BCUT2D eigenvalue weighted by Gasteiger charge is 2.53. The lowest BCUT2D eigenvalue weighted by atomic mass is 9.56. The summed E-state index contributed by atoms with van der Waals surface area (Å²) in [6, 6.07) is 0. The predicted octanol–water partition coefficient (Wildman–Crippen LogP) is 2.80. The molecule has 102 valence electrons. The van der Waals surface area contributed by atoms with Gasteiger partial charge in [0.1, 0.15) is 0 Å². The van der Waals surface area contributed by atoms with Crippen LogP contribution in [0.1, 0.15) is 34.6 Å². The quantitative estimate of drug-likeness (QED) is 0.560. The highest BCUT2D eigenvalue weighted by molar-refractivity contribution is 5.65. The molecule has 0 aromatic carbocycles. The fourth-order valence-electron chi connectivity index (χ4n) is 3.81. The molecule has 0 amide bonds. The van der Waals surface area contributed by atoms with Gasteiger partial charge in [-0.05, 0) is 25.7 Å². The Kier molecular flexibility index (Phi) is 3.54. The van der Waals surface area contributed by atoms with Crippen molar-refractivity contribution in [3.8, 4) is 0 Å². The fraction of sp³-hybridized carbons (Fsp3) is 0.800. The van der Waals surface area contributed by atoms with E-state index >= 15 is 0 Å². The zero-order valence-electron chi connectivity index (χ0n) is 12.0. The molecule has 0 unspecified atom stereocenters. The molecule has 2 aliphatic rings. The smallest absolute Gasteiger partial charge is 0.302 e. The van der Waals surface area contributed by atoms with Crippen molar-refractivity contribution in [2.75, 3.05) is 13.2 Å². The lowest BCUT2D eigenvalue weighted by Crippen LogP contribution is -2.56. The molecule has 5 atom stereocenters. The first kappa shape index (κ1) is 13.6. The van der Waals surface area contributed by atoms with Crippen LogP contribution in [0.15, 0.2) is 11.6 Å². The highest BCUT2D eigenvalue weighted by Crippen LogP contribution is 2.52. The predicted molar refractivity (Wildman–Crippen MR) is 70.1 cm³/mol. The largest absolute Gasteiger partial charge is 0.465 e. The van der Waals surface area contributed by atoms with Gasteiger partial charge in [-0.25, -0.2) is 0 Å². The number of allylic oxidation sites excluding steroid dienone is 1. The van der Waals surface area contributed by atoms with E-state index < -0.39 is 0 Å². The molecule has 1 aliphatic heterocycles. The summed E-state index contributed by atoms with van der Waals surface area (Å²) in [5, 5.41) is 0. The van der Waals surface area contributed by atoms with E-state index in [-0.39, 0.29) is 17.5 Å². The van der Waals surface area contributed by atoms with E-state index in [1.165, 1.54) is 12.5 Å². The van der Waals surface area contributed by atoms with Gasteiger partial charge in [-0.2, -0.15) is 0 Å². The maximum absolute atomic E-state index is 11.1. The summed E-state index contributed by atoms with van der Waals surface area (Å²) < 4.78 is 11.3. The number of hydrogen-bond donors (Lipinski definition) is 0. The van der Waals surface area contributed by atoms with Crippen molar-refractivity contribution < 1.29 is 14.3 Å². The lowest BCUT2D eigenvalue weighted by Gasteiger charge is -2.54. The number of ether oxygens (including phenoxy) is 2. The van der Waals surface area contributed by atoms with Crippen LogP contribution in [0, 0.1) is 23.2 Å². The fourth-order valence-corrected chi connectivity index (χ4v) is 3.81. The van der Waals surface area contributed by atoms with Crippen LogP contribution in [0.4, 0.5) is 0 Å². The molecule has 0 radical (unpaired) electrons. The molecule has 3 heteroatoms. The normalized spacial score (nSPS) is 43.3. The molecule has 0 saturated carbocycles. The van der Waals surface area contributed by atoms with Crippen LogP contribution in [0.3, 0.4) is 0 Å². The molecule has 1 aliphatic carbocycles. The molecule has 2 rings (SSSR count). The molecular weight excluding hydrogens is 228 g/mol. The van der Waals surface area contributed by atoms with Gasteiger partial charge in [0.15, 0.2) is 0 Å². The van der Waals surface area contributed by atoms with E-state index in [0.29, 0.717) is 31.0 Å². The van der Waals surface area contributed by atoms with Crippen LogP contribution in [0.2, 0.25) is 0 Å². The Morgan fingerprint density at radius 2 is 2.17 bits per heavy atom. The van der Waals surface area contributed by atoms with E-state index in [0.717, 1.165) is 0 Å². The van der Waals surface area contributed by atoms with E-state index in [4.69, 9.17) is 9.47 Å². The standard InChI is InChI=1S/C15H24O3/c1-9-6-10(2)15(8-18-13(5)16)7-17-12(4)14(9)11(15)3/h6,10-12,14H,7-8H2,1-5H3/t10-,11-,12+,14+,15+/m1/s1. The zero-order valence-corrected chi connectivity index (χ0v) is 12.0. The first-order chi connectivity index (χ1) is 8.38. The molecule has 0 aromatic heterocycles. The molecule has 0 spiro atoms. The zero-order chi connectivity index (χ0) is 13.5. The molecule has 3 nitrogen and oxygen atoms in total. The number of carbonyl (C=O) groups is 1. The molecule has 1 fully saturated rings. The summed E-state index contributed by atoms with van der Waals surface area (Å²) in [5.74, 6) is 1.12. The molecule has 0 N–H and O–H groups in total. The topological polar surface area (TPSA) is 35.5 Å². The first-order valence-corrected chi connectivity index (χ1v) is 6.82. The average Bonchev–Trinajstić information content (AvgIpc) is 2.26. The number of fused-ring (bicyclic) bond motifs is 2. The van der Waals surface area contributed by atoms with E-state index in [1.807, 2.05) is 0 Å². The van der Waals surface area contributed by atoms with Gasteiger partial charge >= 0.3 is 5.97 Å².